The molecule has 1 amide bonds. The number of aliphatic hydroxyl groups is 1. The van der Waals surface area contributed by atoms with Crippen LogP contribution in [-0.2, 0) is 9.59 Å². The number of hydrogen-bond acceptors (Lipinski definition) is 5. The summed E-state index contributed by atoms with van der Waals surface area (Å²) in [6, 6.07) is 10.1. The van der Waals surface area contributed by atoms with Crippen molar-refractivity contribution < 1.29 is 23.8 Å². The van der Waals surface area contributed by atoms with Gasteiger partial charge in [0.1, 0.15) is 17.6 Å². The molecule has 33 heavy (non-hydrogen) atoms. The third kappa shape index (κ3) is 4.04. The first kappa shape index (κ1) is 23.0. The molecule has 0 aliphatic carbocycles. The maximum absolute atomic E-state index is 13.7. The van der Waals surface area contributed by atoms with E-state index in [0.29, 0.717) is 5.69 Å². The molecule has 0 radical (unpaired) electrons. The fourth-order valence-electron chi connectivity index (χ4n) is 3.60. The SMILES string of the molecule is COc1c(Cl)cc(/C(O)=C2\C(=O)C(=O)N(c3ccc(F)c(Cl)c3)C2c2ccccn2)cc1Cl. The van der Waals surface area contributed by atoms with Crippen LogP contribution < -0.4 is 9.64 Å². The molecule has 2 aromatic carbocycles. The minimum Gasteiger partial charge on any atom is -0.507 e. The smallest absolute Gasteiger partial charge is 0.300 e. The average Bonchev–Trinajstić information content (AvgIpc) is 3.06. The van der Waals surface area contributed by atoms with Gasteiger partial charge in [0.2, 0.25) is 0 Å². The molecule has 1 aromatic heterocycles. The Kier molecular flexibility index (Phi) is 6.30. The van der Waals surface area contributed by atoms with Crippen LogP contribution in [0.15, 0.2) is 60.3 Å². The molecule has 1 aliphatic rings. The summed E-state index contributed by atoms with van der Waals surface area (Å²) >= 11 is 18.3. The lowest BCUT2D eigenvalue weighted by molar-refractivity contribution is -0.132. The van der Waals surface area contributed by atoms with E-state index in [1.807, 2.05) is 0 Å². The van der Waals surface area contributed by atoms with Crippen LogP contribution in [0.4, 0.5) is 10.1 Å². The number of ether oxygens (including phenoxy) is 1. The largest absolute Gasteiger partial charge is 0.507 e. The molecule has 1 aliphatic heterocycles. The van der Waals surface area contributed by atoms with Crippen molar-refractivity contribution in [3.8, 4) is 5.75 Å². The third-order valence-corrected chi connectivity index (χ3v) is 5.92. The molecule has 168 valence electrons. The van der Waals surface area contributed by atoms with E-state index in [1.54, 1.807) is 18.2 Å². The van der Waals surface area contributed by atoms with Gasteiger partial charge in [-0.2, -0.15) is 0 Å². The second-order valence-electron chi connectivity index (χ2n) is 7.00. The number of ketones is 1. The Bertz CT molecular complexity index is 1290. The normalized spacial score (nSPS) is 17.5. The Hall–Kier alpha value is -3.13. The minimum absolute atomic E-state index is 0.0977. The van der Waals surface area contributed by atoms with Crippen LogP contribution in [0.25, 0.3) is 5.76 Å². The van der Waals surface area contributed by atoms with E-state index in [9.17, 15) is 19.1 Å². The Morgan fingerprint density at radius 1 is 1.06 bits per heavy atom. The number of Topliss-reactive ketones (excluding diaryl/α,β-unsaturated/α-hetero) is 1. The molecule has 10 heteroatoms. The molecule has 0 spiro atoms. The molecular weight excluding hydrogens is 494 g/mol. The summed E-state index contributed by atoms with van der Waals surface area (Å²) in [5.74, 6) is -2.91. The minimum atomic E-state index is -1.12. The van der Waals surface area contributed by atoms with E-state index in [1.165, 1.54) is 37.6 Å². The molecule has 1 atom stereocenters. The van der Waals surface area contributed by atoms with E-state index in [4.69, 9.17) is 39.5 Å². The summed E-state index contributed by atoms with van der Waals surface area (Å²) in [6.07, 6.45) is 1.48. The molecule has 0 saturated carbocycles. The predicted octanol–water partition coefficient (Wildman–Crippen LogP) is 5.82. The van der Waals surface area contributed by atoms with Crippen molar-refractivity contribution in [2.45, 2.75) is 6.04 Å². The Morgan fingerprint density at radius 2 is 1.76 bits per heavy atom. The monoisotopic (exact) mass is 506 g/mol. The van der Waals surface area contributed by atoms with Gasteiger partial charge in [-0.05, 0) is 42.5 Å². The molecule has 1 unspecified atom stereocenters. The van der Waals surface area contributed by atoms with Gasteiger partial charge in [-0.15, -0.1) is 0 Å². The number of aromatic nitrogens is 1. The van der Waals surface area contributed by atoms with Gasteiger partial charge in [-0.25, -0.2) is 4.39 Å². The lowest BCUT2D eigenvalue weighted by Crippen LogP contribution is -2.29. The van der Waals surface area contributed by atoms with E-state index in [0.717, 1.165) is 11.0 Å². The van der Waals surface area contributed by atoms with Crippen LogP contribution in [0.3, 0.4) is 0 Å². The van der Waals surface area contributed by atoms with Gasteiger partial charge in [-0.3, -0.25) is 19.5 Å². The van der Waals surface area contributed by atoms with Gasteiger partial charge in [0.25, 0.3) is 11.7 Å². The number of nitrogens with zero attached hydrogens (tertiary/aromatic N) is 2. The van der Waals surface area contributed by atoms with Gasteiger partial charge < -0.3 is 9.84 Å². The topological polar surface area (TPSA) is 79.7 Å². The number of amides is 1. The lowest BCUT2D eigenvalue weighted by Gasteiger charge is -2.24. The number of halogens is 4. The zero-order valence-corrected chi connectivity index (χ0v) is 19.1. The summed E-state index contributed by atoms with van der Waals surface area (Å²) < 4.78 is 18.9. The van der Waals surface area contributed by atoms with E-state index in [2.05, 4.69) is 4.98 Å². The van der Waals surface area contributed by atoms with Crippen LogP contribution in [0, 0.1) is 5.82 Å². The second-order valence-corrected chi connectivity index (χ2v) is 8.22. The number of methoxy groups -OCH3 is 1. The van der Waals surface area contributed by atoms with E-state index >= 15 is 0 Å². The maximum Gasteiger partial charge on any atom is 0.300 e. The highest BCUT2D eigenvalue weighted by molar-refractivity contribution is 6.52. The van der Waals surface area contributed by atoms with Gasteiger partial charge in [0.15, 0.2) is 5.75 Å². The first-order chi connectivity index (χ1) is 15.7. The molecule has 2 heterocycles. The zero-order chi connectivity index (χ0) is 23.9. The maximum atomic E-state index is 13.7. The van der Waals surface area contributed by atoms with Crippen molar-refractivity contribution in [1.29, 1.82) is 0 Å². The first-order valence-corrected chi connectivity index (χ1v) is 10.6. The van der Waals surface area contributed by atoms with Gasteiger partial charge >= 0.3 is 0 Å². The van der Waals surface area contributed by atoms with E-state index in [-0.39, 0.29) is 37.6 Å². The summed E-state index contributed by atoms with van der Waals surface area (Å²) in [5, 5.41) is 11.1. The molecule has 1 saturated heterocycles. The summed E-state index contributed by atoms with van der Waals surface area (Å²) in [4.78, 5) is 31.5. The zero-order valence-electron chi connectivity index (χ0n) is 16.9. The number of carbonyl (C=O) groups is 2. The number of anilines is 1. The fourth-order valence-corrected chi connectivity index (χ4v) is 4.41. The van der Waals surface area contributed by atoms with Crippen LogP contribution in [-0.4, -0.2) is 28.9 Å². The Balaban J connectivity index is 1.96. The van der Waals surface area contributed by atoms with Crippen molar-refractivity contribution in [2.75, 3.05) is 12.0 Å². The van der Waals surface area contributed by atoms with Crippen LogP contribution in [0.5, 0.6) is 5.75 Å². The summed E-state index contributed by atoms with van der Waals surface area (Å²) in [6.45, 7) is 0. The highest BCUT2D eigenvalue weighted by Gasteiger charge is 2.47. The van der Waals surface area contributed by atoms with Crippen molar-refractivity contribution in [1.82, 2.24) is 4.98 Å². The first-order valence-electron chi connectivity index (χ1n) is 9.45. The second kappa shape index (κ2) is 9.02. The number of aliphatic hydroxyl groups excluding tert-OH is 1. The van der Waals surface area contributed by atoms with Gasteiger partial charge in [0, 0.05) is 17.4 Å². The summed E-state index contributed by atoms with van der Waals surface area (Å²) in [7, 11) is 1.38. The fraction of sp³-hybridized carbons (Fsp3) is 0.0870. The number of rotatable bonds is 4. The van der Waals surface area contributed by atoms with Crippen molar-refractivity contribution in [3.05, 3.63) is 92.4 Å². The van der Waals surface area contributed by atoms with Crippen molar-refractivity contribution in [2.24, 2.45) is 0 Å². The van der Waals surface area contributed by atoms with Crippen LogP contribution >= 0.6 is 34.8 Å². The Morgan fingerprint density at radius 3 is 2.33 bits per heavy atom. The van der Waals surface area contributed by atoms with Crippen LogP contribution in [0.2, 0.25) is 15.1 Å². The lowest BCUT2D eigenvalue weighted by atomic mass is 9.98. The van der Waals surface area contributed by atoms with Crippen molar-refractivity contribution >= 4 is 57.9 Å². The highest BCUT2D eigenvalue weighted by Crippen LogP contribution is 2.43. The third-order valence-electron chi connectivity index (χ3n) is 5.07. The van der Waals surface area contributed by atoms with Gasteiger partial charge in [0.05, 0.1) is 33.4 Å². The van der Waals surface area contributed by atoms with Crippen molar-refractivity contribution in [3.63, 3.8) is 0 Å². The number of carbonyl (C=O) groups excluding carboxylic acids is 2. The van der Waals surface area contributed by atoms with Gasteiger partial charge in [-0.1, -0.05) is 40.9 Å². The molecular formula is C23H14Cl3FN2O4. The number of pyridine rings is 1. The average molecular weight is 508 g/mol. The number of benzene rings is 2. The molecule has 1 N–H and O–H groups in total. The molecule has 6 nitrogen and oxygen atoms in total. The standard InChI is InChI=1S/C23H14Cl3FN2O4/c1-33-22-14(25)8-11(9-15(22)26)20(30)18-19(17-4-2-3-7-28-17)29(23(32)21(18)31)12-5-6-16(27)13(24)10-12/h2-10,19,30H,1H3/b20-18+. The molecule has 1 fully saturated rings. The molecule has 0 bridgehead atoms. The van der Waals surface area contributed by atoms with E-state index < -0.39 is 29.3 Å². The molecule has 4 rings (SSSR count). The highest BCUT2D eigenvalue weighted by atomic mass is 35.5. The predicted molar refractivity (Wildman–Crippen MR) is 123 cm³/mol. The Labute approximate surface area is 202 Å². The number of hydrogen-bond donors (Lipinski definition) is 1. The summed E-state index contributed by atoms with van der Waals surface area (Å²) in [5.41, 5.74) is 0.312. The molecule has 3 aromatic rings. The quantitative estimate of drug-likeness (QED) is 0.274. The van der Waals surface area contributed by atoms with Crippen LogP contribution in [0.1, 0.15) is 17.3 Å².